The number of methoxy groups -OCH3 is 2. The van der Waals surface area contributed by atoms with Crippen molar-refractivity contribution in [1.29, 1.82) is 0 Å². The number of ether oxygens (including phenoxy) is 2. The monoisotopic (exact) mass is 556 g/mol. The summed E-state index contributed by atoms with van der Waals surface area (Å²) in [6, 6.07) is 23.8. The van der Waals surface area contributed by atoms with Crippen molar-refractivity contribution in [2.24, 2.45) is 0 Å². The number of aromatic amines is 1. The third-order valence-electron chi connectivity index (χ3n) is 6.09. The van der Waals surface area contributed by atoms with Crippen molar-refractivity contribution < 1.29 is 14.3 Å². The molecule has 0 bridgehead atoms. The number of hydrogen-bond donors (Lipinski definition) is 2. The van der Waals surface area contributed by atoms with Gasteiger partial charge in [0.05, 0.1) is 31.3 Å². The first-order chi connectivity index (χ1) is 19.0. The fourth-order valence-corrected chi connectivity index (χ4v) is 5.50. The molecular weight excluding hydrogens is 528 g/mol. The van der Waals surface area contributed by atoms with Crippen molar-refractivity contribution in [2.75, 3.05) is 25.3 Å². The van der Waals surface area contributed by atoms with Crippen LogP contribution in [0.2, 0.25) is 0 Å². The molecule has 0 aliphatic rings. The Hall–Kier alpha value is -4.08. The van der Waals surface area contributed by atoms with Crippen LogP contribution in [-0.2, 0) is 4.79 Å². The minimum absolute atomic E-state index is 0.0791. The van der Waals surface area contributed by atoms with Gasteiger partial charge < -0.3 is 19.8 Å². The number of aryl methyl sites for hydroxylation is 1. The lowest BCUT2D eigenvalue weighted by molar-refractivity contribution is -0.115. The van der Waals surface area contributed by atoms with Crippen LogP contribution in [0.4, 0.5) is 5.13 Å². The third-order valence-corrected chi connectivity index (χ3v) is 7.72. The van der Waals surface area contributed by atoms with E-state index < -0.39 is 0 Å². The number of H-pyrrole nitrogens is 1. The second-order valence-corrected chi connectivity index (χ2v) is 10.7. The van der Waals surface area contributed by atoms with Crippen LogP contribution in [0.3, 0.4) is 0 Å². The van der Waals surface area contributed by atoms with Crippen LogP contribution >= 0.6 is 23.1 Å². The molecular formula is C30H28N4O3S2. The number of nitrogens with zero attached hydrogens (tertiary/aromatic N) is 2. The highest BCUT2D eigenvalue weighted by Crippen LogP contribution is 2.34. The van der Waals surface area contributed by atoms with E-state index in [2.05, 4.69) is 34.3 Å². The average molecular weight is 557 g/mol. The molecule has 0 saturated heterocycles. The molecule has 0 aliphatic carbocycles. The number of hydrogen-bond acceptors (Lipinski definition) is 7. The van der Waals surface area contributed by atoms with Crippen LogP contribution in [0, 0.1) is 6.92 Å². The van der Waals surface area contributed by atoms with Crippen molar-refractivity contribution in [3.8, 4) is 45.3 Å². The summed E-state index contributed by atoms with van der Waals surface area (Å²) in [6.07, 6.45) is 0.334. The van der Waals surface area contributed by atoms with Gasteiger partial charge in [0.15, 0.2) is 10.3 Å². The van der Waals surface area contributed by atoms with E-state index in [1.165, 1.54) is 28.7 Å². The molecule has 7 nitrogen and oxygen atoms in total. The molecule has 0 atom stereocenters. The summed E-state index contributed by atoms with van der Waals surface area (Å²) in [7, 11) is 3.30. The van der Waals surface area contributed by atoms with Crippen molar-refractivity contribution in [2.45, 2.75) is 18.5 Å². The fraction of sp³-hybridized carbons (Fsp3) is 0.167. The smallest absolute Gasteiger partial charge is 0.226 e. The molecule has 1 amide bonds. The normalized spacial score (nSPS) is 10.8. The minimum Gasteiger partial charge on any atom is -0.497 e. The topological polar surface area (TPSA) is 89.1 Å². The molecule has 9 heteroatoms. The number of amides is 1. The fourth-order valence-electron chi connectivity index (χ4n) is 3.95. The van der Waals surface area contributed by atoms with Crippen LogP contribution in [-0.4, -0.2) is 40.8 Å². The summed E-state index contributed by atoms with van der Waals surface area (Å²) < 4.78 is 10.6. The molecule has 198 valence electrons. The van der Waals surface area contributed by atoms with E-state index in [0.29, 0.717) is 17.3 Å². The average Bonchev–Trinajstić information content (AvgIpc) is 3.61. The quantitative estimate of drug-likeness (QED) is 0.175. The van der Waals surface area contributed by atoms with Crippen LogP contribution < -0.4 is 14.8 Å². The number of carbonyl (C=O) groups is 1. The van der Waals surface area contributed by atoms with Gasteiger partial charge in [0.2, 0.25) is 5.91 Å². The van der Waals surface area contributed by atoms with Gasteiger partial charge in [0.25, 0.3) is 0 Å². The SMILES string of the molecule is COc1ccc(-c2nc(SCCC(=O)Nc3nc(-c4ccc(C)cc4)cs3)[nH]c2-c2ccc(OC)cc2)cc1. The van der Waals surface area contributed by atoms with E-state index in [-0.39, 0.29) is 5.91 Å². The molecule has 0 radical (unpaired) electrons. The predicted octanol–water partition coefficient (Wildman–Crippen LogP) is 7.31. The maximum Gasteiger partial charge on any atom is 0.226 e. The lowest BCUT2D eigenvalue weighted by atomic mass is 10.0. The van der Waals surface area contributed by atoms with Gasteiger partial charge in [-0.05, 0) is 55.5 Å². The molecule has 39 heavy (non-hydrogen) atoms. The Morgan fingerprint density at radius 2 is 1.49 bits per heavy atom. The molecule has 5 rings (SSSR count). The number of anilines is 1. The number of aromatic nitrogens is 3. The van der Waals surface area contributed by atoms with E-state index in [1.807, 2.05) is 66.0 Å². The largest absolute Gasteiger partial charge is 0.497 e. The number of nitrogens with one attached hydrogen (secondary N) is 2. The summed E-state index contributed by atoms with van der Waals surface area (Å²) in [6.45, 7) is 2.05. The van der Waals surface area contributed by atoms with Crippen LogP contribution in [0.15, 0.2) is 83.3 Å². The molecule has 0 aliphatic heterocycles. The number of rotatable bonds is 10. The standard InChI is InChI=1S/C30H28N4O3S2/c1-19-4-6-20(7-5-19)25-18-39-29(31-25)32-26(35)16-17-38-30-33-27(21-8-12-23(36-2)13-9-21)28(34-30)22-10-14-24(37-3)15-11-22/h4-15,18H,16-17H2,1-3H3,(H,33,34)(H,31,32,35). The molecule has 2 aromatic heterocycles. The summed E-state index contributed by atoms with van der Waals surface area (Å²) in [5.74, 6) is 2.06. The van der Waals surface area contributed by atoms with Gasteiger partial charge in [-0.2, -0.15) is 0 Å². The molecule has 0 unspecified atom stereocenters. The number of carbonyl (C=O) groups excluding carboxylic acids is 1. The van der Waals surface area contributed by atoms with Crippen molar-refractivity contribution in [3.63, 3.8) is 0 Å². The van der Waals surface area contributed by atoms with Crippen molar-refractivity contribution >= 4 is 34.1 Å². The Morgan fingerprint density at radius 1 is 0.872 bits per heavy atom. The summed E-state index contributed by atoms with van der Waals surface area (Å²) >= 11 is 2.93. The van der Waals surface area contributed by atoms with Gasteiger partial charge >= 0.3 is 0 Å². The highest BCUT2D eigenvalue weighted by Gasteiger charge is 2.16. The number of thioether (sulfide) groups is 1. The van der Waals surface area contributed by atoms with E-state index >= 15 is 0 Å². The van der Waals surface area contributed by atoms with Gasteiger partial charge in [0, 0.05) is 34.2 Å². The van der Waals surface area contributed by atoms with Gasteiger partial charge in [-0.3, -0.25) is 4.79 Å². The second kappa shape index (κ2) is 12.2. The zero-order valence-corrected chi connectivity index (χ0v) is 23.5. The molecule has 0 saturated carbocycles. The van der Waals surface area contributed by atoms with Crippen LogP contribution in [0.25, 0.3) is 33.8 Å². The van der Waals surface area contributed by atoms with E-state index in [4.69, 9.17) is 14.5 Å². The minimum atomic E-state index is -0.0791. The Labute approximate surface area is 235 Å². The first kappa shape index (κ1) is 26.5. The highest BCUT2D eigenvalue weighted by atomic mass is 32.2. The summed E-state index contributed by atoms with van der Waals surface area (Å²) in [5.41, 5.74) is 6.79. The third kappa shape index (κ3) is 6.50. The zero-order chi connectivity index (χ0) is 27.2. The van der Waals surface area contributed by atoms with E-state index in [9.17, 15) is 4.79 Å². The Kier molecular flexibility index (Phi) is 8.29. The van der Waals surface area contributed by atoms with Gasteiger partial charge in [0.1, 0.15) is 11.5 Å². The molecule has 5 aromatic rings. The lowest BCUT2D eigenvalue weighted by Crippen LogP contribution is -2.12. The van der Waals surface area contributed by atoms with Gasteiger partial charge in [-0.1, -0.05) is 41.6 Å². The number of benzene rings is 3. The maximum atomic E-state index is 12.6. The maximum absolute atomic E-state index is 12.6. The van der Waals surface area contributed by atoms with Crippen molar-refractivity contribution in [3.05, 3.63) is 83.7 Å². The number of thiazole rings is 1. The van der Waals surface area contributed by atoms with Crippen LogP contribution in [0.1, 0.15) is 12.0 Å². The second-order valence-electron chi connectivity index (χ2n) is 8.77. The molecule has 0 fully saturated rings. The lowest BCUT2D eigenvalue weighted by Gasteiger charge is -2.06. The highest BCUT2D eigenvalue weighted by molar-refractivity contribution is 7.99. The van der Waals surface area contributed by atoms with Crippen LogP contribution in [0.5, 0.6) is 11.5 Å². The van der Waals surface area contributed by atoms with Crippen molar-refractivity contribution in [1.82, 2.24) is 15.0 Å². The van der Waals surface area contributed by atoms with Gasteiger partial charge in [-0.25, -0.2) is 9.97 Å². The summed E-state index contributed by atoms with van der Waals surface area (Å²) in [4.78, 5) is 25.5. The first-order valence-corrected chi connectivity index (χ1v) is 14.2. The Bertz CT molecular complexity index is 1480. The Morgan fingerprint density at radius 3 is 2.13 bits per heavy atom. The number of imidazole rings is 1. The molecule has 3 aromatic carbocycles. The van der Waals surface area contributed by atoms with Gasteiger partial charge in [-0.15, -0.1) is 11.3 Å². The summed E-state index contributed by atoms with van der Waals surface area (Å²) in [5, 5.41) is 6.22. The first-order valence-electron chi connectivity index (χ1n) is 12.4. The molecule has 2 heterocycles. The van der Waals surface area contributed by atoms with E-state index in [1.54, 1.807) is 14.2 Å². The zero-order valence-electron chi connectivity index (χ0n) is 21.9. The predicted molar refractivity (Wildman–Crippen MR) is 159 cm³/mol. The molecule has 2 N–H and O–H groups in total. The molecule has 0 spiro atoms. The Balaban J connectivity index is 1.25. The van der Waals surface area contributed by atoms with E-state index in [0.717, 1.165) is 50.4 Å².